The van der Waals surface area contributed by atoms with Gasteiger partial charge in [0.25, 0.3) is 0 Å². The van der Waals surface area contributed by atoms with Crippen molar-refractivity contribution in [1.29, 1.82) is 0 Å². The van der Waals surface area contributed by atoms with Crippen molar-refractivity contribution >= 4 is 10.0 Å². The first-order valence-electron chi connectivity index (χ1n) is 7.11. The molecule has 0 amide bonds. The molecule has 0 spiro atoms. The van der Waals surface area contributed by atoms with Gasteiger partial charge in [0.05, 0.1) is 20.0 Å². The highest BCUT2D eigenvalue weighted by Gasteiger charge is 2.12. The molecule has 0 atom stereocenters. The zero-order valence-electron chi connectivity index (χ0n) is 13.2. The molecule has 0 radical (unpaired) electrons. The number of hydrogen-bond donors (Lipinski definition) is 1. The third kappa shape index (κ3) is 5.22. The molecule has 2 rings (SSSR count). The van der Waals surface area contributed by atoms with E-state index in [1.807, 2.05) is 6.07 Å². The van der Waals surface area contributed by atoms with E-state index in [-0.39, 0.29) is 12.3 Å². The van der Waals surface area contributed by atoms with Gasteiger partial charge in [-0.05, 0) is 41.8 Å². The van der Waals surface area contributed by atoms with Crippen molar-refractivity contribution in [1.82, 2.24) is 9.71 Å². The lowest BCUT2D eigenvalue weighted by molar-refractivity contribution is 0.354. The summed E-state index contributed by atoms with van der Waals surface area (Å²) >= 11 is 0. The maximum absolute atomic E-state index is 12.1. The summed E-state index contributed by atoms with van der Waals surface area (Å²) < 4.78 is 37.1. The molecule has 2 aromatic rings. The molecule has 1 aromatic heterocycles. The van der Waals surface area contributed by atoms with E-state index in [1.165, 1.54) is 0 Å². The van der Waals surface area contributed by atoms with E-state index < -0.39 is 10.0 Å². The summed E-state index contributed by atoms with van der Waals surface area (Å²) in [5.74, 6) is 1.22. The van der Waals surface area contributed by atoms with Crippen molar-refractivity contribution < 1.29 is 17.9 Å². The van der Waals surface area contributed by atoms with Crippen LogP contribution in [0.4, 0.5) is 0 Å². The molecule has 0 aliphatic rings. The second kappa shape index (κ2) is 7.94. The number of aromatic nitrogens is 1. The van der Waals surface area contributed by atoms with Crippen molar-refractivity contribution in [2.75, 3.05) is 20.0 Å². The van der Waals surface area contributed by atoms with Gasteiger partial charge in [0.15, 0.2) is 11.5 Å². The van der Waals surface area contributed by atoms with Gasteiger partial charge in [0.1, 0.15) is 0 Å². The number of benzene rings is 1. The molecule has 0 saturated heterocycles. The lowest BCUT2D eigenvalue weighted by Gasteiger charge is -2.10. The van der Waals surface area contributed by atoms with Gasteiger partial charge in [-0.2, -0.15) is 0 Å². The first-order chi connectivity index (χ1) is 11.0. The Bertz CT molecular complexity index is 733. The molecular formula is C16H20N2O4S. The number of sulfonamides is 1. The minimum absolute atomic E-state index is 0.00751. The van der Waals surface area contributed by atoms with Gasteiger partial charge in [0.2, 0.25) is 10.0 Å². The van der Waals surface area contributed by atoms with Crippen LogP contribution in [0.2, 0.25) is 0 Å². The van der Waals surface area contributed by atoms with Crippen molar-refractivity contribution in [2.45, 2.75) is 13.0 Å². The van der Waals surface area contributed by atoms with E-state index in [0.717, 1.165) is 11.1 Å². The minimum Gasteiger partial charge on any atom is -0.493 e. The zero-order chi connectivity index (χ0) is 16.7. The van der Waals surface area contributed by atoms with Crippen LogP contribution in [0.3, 0.4) is 0 Å². The van der Waals surface area contributed by atoms with Gasteiger partial charge >= 0.3 is 0 Å². The lowest BCUT2D eigenvalue weighted by atomic mass is 10.1. The predicted molar refractivity (Wildman–Crippen MR) is 88.1 cm³/mol. The summed E-state index contributed by atoms with van der Waals surface area (Å²) in [6.45, 7) is 0.261. The summed E-state index contributed by atoms with van der Waals surface area (Å²) in [7, 11) is -0.245. The Kier molecular flexibility index (Phi) is 5.95. The van der Waals surface area contributed by atoms with E-state index in [2.05, 4.69) is 9.71 Å². The Morgan fingerprint density at radius 2 is 1.70 bits per heavy atom. The number of hydrogen-bond acceptors (Lipinski definition) is 5. The summed E-state index contributed by atoms with van der Waals surface area (Å²) in [6, 6.07) is 8.94. The average molecular weight is 336 g/mol. The molecule has 0 unspecified atom stereocenters. The molecule has 1 N–H and O–H groups in total. The number of aryl methyl sites for hydroxylation is 1. The van der Waals surface area contributed by atoms with E-state index in [9.17, 15) is 8.42 Å². The smallest absolute Gasteiger partial charge is 0.212 e. The Balaban J connectivity index is 1.94. The quantitative estimate of drug-likeness (QED) is 0.795. The fraction of sp³-hybridized carbons (Fsp3) is 0.312. The Labute approximate surface area is 136 Å². The van der Waals surface area contributed by atoms with Crippen LogP contribution >= 0.6 is 0 Å². The topological polar surface area (TPSA) is 77.5 Å². The molecule has 124 valence electrons. The van der Waals surface area contributed by atoms with E-state index in [1.54, 1.807) is 50.9 Å². The molecule has 0 bridgehead atoms. The molecule has 7 heteroatoms. The van der Waals surface area contributed by atoms with Crippen LogP contribution in [0.5, 0.6) is 11.5 Å². The Morgan fingerprint density at radius 3 is 2.35 bits per heavy atom. The van der Waals surface area contributed by atoms with Crippen LogP contribution < -0.4 is 14.2 Å². The number of nitrogens with one attached hydrogen (secondary N) is 1. The monoisotopic (exact) mass is 336 g/mol. The molecule has 0 aliphatic heterocycles. The van der Waals surface area contributed by atoms with Gasteiger partial charge in [-0.1, -0.05) is 6.07 Å². The van der Waals surface area contributed by atoms with Crippen LogP contribution in [0.25, 0.3) is 0 Å². The highest BCUT2D eigenvalue weighted by atomic mass is 32.2. The molecule has 1 aromatic carbocycles. The van der Waals surface area contributed by atoms with Crippen molar-refractivity contribution in [3.05, 3.63) is 53.9 Å². The van der Waals surface area contributed by atoms with Crippen LogP contribution in [0.1, 0.15) is 11.1 Å². The molecule has 0 aliphatic carbocycles. The molecule has 23 heavy (non-hydrogen) atoms. The molecular weight excluding hydrogens is 316 g/mol. The van der Waals surface area contributed by atoms with Gasteiger partial charge in [0, 0.05) is 18.9 Å². The van der Waals surface area contributed by atoms with Crippen LogP contribution in [0.15, 0.2) is 42.7 Å². The summed E-state index contributed by atoms with van der Waals surface area (Å²) in [6.07, 6.45) is 3.66. The highest BCUT2D eigenvalue weighted by Crippen LogP contribution is 2.27. The number of ether oxygens (including phenoxy) is 2. The molecule has 6 nitrogen and oxygen atoms in total. The van der Waals surface area contributed by atoms with Crippen molar-refractivity contribution in [2.24, 2.45) is 0 Å². The van der Waals surface area contributed by atoms with Gasteiger partial charge in [-0.25, -0.2) is 13.1 Å². The van der Waals surface area contributed by atoms with Crippen molar-refractivity contribution in [3.8, 4) is 11.5 Å². The van der Waals surface area contributed by atoms with E-state index >= 15 is 0 Å². The first kappa shape index (κ1) is 17.2. The SMILES string of the molecule is COc1ccc(CCS(=O)(=O)NCc2ccncc2)cc1OC. The largest absolute Gasteiger partial charge is 0.493 e. The lowest BCUT2D eigenvalue weighted by Crippen LogP contribution is -2.26. The fourth-order valence-electron chi connectivity index (χ4n) is 2.05. The number of rotatable bonds is 8. The number of methoxy groups -OCH3 is 2. The van der Waals surface area contributed by atoms with Crippen molar-refractivity contribution in [3.63, 3.8) is 0 Å². The van der Waals surface area contributed by atoms with Crippen LogP contribution in [-0.2, 0) is 23.0 Å². The number of nitrogens with zero attached hydrogens (tertiary/aromatic N) is 1. The maximum Gasteiger partial charge on any atom is 0.212 e. The van der Waals surface area contributed by atoms with Gasteiger partial charge in [-0.3, -0.25) is 4.98 Å². The second-order valence-electron chi connectivity index (χ2n) is 4.93. The summed E-state index contributed by atoms with van der Waals surface area (Å²) in [4.78, 5) is 3.90. The summed E-state index contributed by atoms with van der Waals surface area (Å²) in [5.41, 5.74) is 1.74. The third-order valence-electron chi connectivity index (χ3n) is 3.35. The second-order valence-corrected chi connectivity index (χ2v) is 6.86. The normalized spacial score (nSPS) is 11.2. The van der Waals surface area contributed by atoms with Gasteiger partial charge < -0.3 is 9.47 Å². The average Bonchev–Trinajstić information content (AvgIpc) is 2.59. The summed E-state index contributed by atoms with van der Waals surface area (Å²) in [5, 5.41) is 0. The molecule has 0 fully saturated rings. The molecule has 1 heterocycles. The number of pyridine rings is 1. The molecule has 0 saturated carbocycles. The van der Waals surface area contributed by atoms with Gasteiger partial charge in [-0.15, -0.1) is 0 Å². The fourth-order valence-corrected chi connectivity index (χ4v) is 3.09. The Hall–Kier alpha value is -2.12. The third-order valence-corrected chi connectivity index (χ3v) is 4.68. The van der Waals surface area contributed by atoms with E-state index in [4.69, 9.17) is 9.47 Å². The predicted octanol–water partition coefficient (Wildman–Crippen LogP) is 1.76. The minimum atomic E-state index is -3.36. The van der Waals surface area contributed by atoms with E-state index in [0.29, 0.717) is 17.9 Å². The highest BCUT2D eigenvalue weighted by molar-refractivity contribution is 7.89. The van der Waals surface area contributed by atoms with Crippen LogP contribution in [0, 0.1) is 0 Å². The maximum atomic E-state index is 12.1. The zero-order valence-corrected chi connectivity index (χ0v) is 14.0. The van der Waals surface area contributed by atoms with Crippen LogP contribution in [-0.4, -0.2) is 33.4 Å². The first-order valence-corrected chi connectivity index (χ1v) is 8.76. The standard InChI is InChI=1S/C16H20N2O4S/c1-21-15-4-3-13(11-16(15)22-2)7-10-23(19,20)18-12-14-5-8-17-9-6-14/h3-6,8-9,11,18H,7,10,12H2,1-2H3. The Morgan fingerprint density at radius 1 is 1.00 bits per heavy atom.